The van der Waals surface area contributed by atoms with Gasteiger partial charge in [0, 0.05) is 0 Å². The lowest BCUT2D eigenvalue weighted by Gasteiger charge is -2.50. The highest BCUT2D eigenvalue weighted by Gasteiger charge is 2.61. The molecule has 0 aromatic heterocycles. The summed E-state index contributed by atoms with van der Waals surface area (Å²) in [5, 5.41) is 0. The molecule has 0 radical (unpaired) electrons. The van der Waals surface area contributed by atoms with Crippen molar-refractivity contribution in [2.24, 2.45) is 17.3 Å². The SMILES string of the molecule is CC(C1CCCCC1)C1(C(F)(F)F)CCC1. The largest absolute Gasteiger partial charge is 0.394 e. The van der Waals surface area contributed by atoms with Gasteiger partial charge in [-0.15, -0.1) is 0 Å². The second kappa shape index (κ2) is 4.23. The monoisotopic (exact) mass is 234 g/mol. The quantitative estimate of drug-likeness (QED) is 0.635. The number of hydrogen-bond donors (Lipinski definition) is 0. The molecule has 0 amide bonds. The molecule has 2 rings (SSSR count). The van der Waals surface area contributed by atoms with Gasteiger partial charge in [0.25, 0.3) is 0 Å². The molecule has 0 spiro atoms. The Hall–Kier alpha value is -0.210. The van der Waals surface area contributed by atoms with Crippen molar-refractivity contribution in [3.05, 3.63) is 0 Å². The highest BCUT2D eigenvalue weighted by atomic mass is 19.4. The lowest BCUT2D eigenvalue weighted by atomic mass is 9.56. The van der Waals surface area contributed by atoms with Gasteiger partial charge in [0.2, 0.25) is 0 Å². The zero-order chi connectivity index (χ0) is 11.8. The Bertz CT molecular complexity index is 234. The van der Waals surface area contributed by atoms with Crippen LogP contribution in [0.4, 0.5) is 13.2 Å². The molecular weight excluding hydrogens is 213 g/mol. The maximum absolute atomic E-state index is 13.2. The van der Waals surface area contributed by atoms with Crippen LogP contribution in [0.1, 0.15) is 58.3 Å². The molecule has 0 aromatic rings. The molecule has 1 atom stereocenters. The summed E-state index contributed by atoms with van der Waals surface area (Å²) in [4.78, 5) is 0. The van der Waals surface area contributed by atoms with E-state index in [0.29, 0.717) is 18.8 Å². The van der Waals surface area contributed by atoms with E-state index in [0.717, 1.165) is 32.1 Å². The molecule has 0 nitrogen and oxygen atoms in total. The van der Waals surface area contributed by atoms with Crippen LogP contribution in [0.15, 0.2) is 0 Å². The van der Waals surface area contributed by atoms with Crippen LogP contribution in [0.3, 0.4) is 0 Å². The topological polar surface area (TPSA) is 0 Å². The molecule has 0 heterocycles. The van der Waals surface area contributed by atoms with Crippen LogP contribution in [-0.2, 0) is 0 Å². The summed E-state index contributed by atoms with van der Waals surface area (Å²) in [6.07, 6.45) is 3.01. The Labute approximate surface area is 95.6 Å². The van der Waals surface area contributed by atoms with E-state index < -0.39 is 11.6 Å². The first-order valence-corrected chi connectivity index (χ1v) is 6.54. The minimum absolute atomic E-state index is 0.165. The van der Waals surface area contributed by atoms with E-state index in [1.165, 1.54) is 6.42 Å². The Kier molecular flexibility index (Phi) is 3.24. The van der Waals surface area contributed by atoms with Crippen molar-refractivity contribution in [3.8, 4) is 0 Å². The van der Waals surface area contributed by atoms with E-state index in [1.807, 2.05) is 6.92 Å². The van der Waals surface area contributed by atoms with Crippen LogP contribution in [-0.4, -0.2) is 6.18 Å². The van der Waals surface area contributed by atoms with Gasteiger partial charge < -0.3 is 0 Å². The van der Waals surface area contributed by atoms with Crippen LogP contribution >= 0.6 is 0 Å². The number of rotatable bonds is 2. The number of hydrogen-bond acceptors (Lipinski definition) is 0. The van der Waals surface area contributed by atoms with Crippen LogP contribution in [0, 0.1) is 17.3 Å². The zero-order valence-electron chi connectivity index (χ0n) is 9.95. The van der Waals surface area contributed by atoms with Crippen LogP contribution in [0.2, 0.25) is 0 Å². The molecular formula is C13H21F3. The van der Waals surface area contributed by atoms with Gasteiger partial charge in [-0.05, 0) is 24.7 Å². The average Bonchev–Trinajstić information content (AvgIpc) is 2.15. The van der Waals surface area contributed by atoms with Gasteiger partial charge in [-0.3, -0.25) is 0 Å². The van der Waals surface area contributed by atoms with Crippen LogP contribution < -0.4 is 0 Å². The zero-order valence-corrected chi connectivity index (χ0v) is 9.95. The fourth-order valence-electron chi connectivity index (χ4n) is 3.64. The molecule has 2 aliphatic rings. The highest BCUT2D eigenvalue weighted by molar-refractivity contribution is 4.99. The molecule has 16 heavy (non-hydrogen) atoms. The second-order valence-corrected chi connectivity index (χ2v) is 5.69. The minimum atomic E-state index is -3.98. The van der Waals surface area contributed by atoms with E-state index >= 15 is 0 Å². The molecule has 0 aromatic carbocycles. The maximum atomic E-state index is 13.2. The Morgan fingerprint density at radius 1 is 1.00 bits per heavy atom. The third kappa shape index (κ3) is 1.86. The third-order valence-electron chi connectivity index (χ3n) is 5.04. The van der Waals surface area contributed by atoms with Gasteiger partial charge >= 0.3 is 6.18 Å². The van der Waals surface area contributed by atoms with Crippen molar-refractivity contribution in [1.29, 1.82) is 0 Å². The molecule has 2 saturated carbocycles. The Morgan fingerprint density at radius 3 is 1.94 bits per heavy atom. The van der Waals surface area contributed by atoms with E-state index in [-0.39, 0.29) is 5.92 Å². The van der Waals surface area contributed by atoms with Gasteiger partial charge in [-0.25, -0.2) is 0 Å². The first kappa shape index (κ1) is 12.3. The van der Waals surface area contributed by atoms with Gasteiger partial charge in [0.15, 0.2) is 0 Å². The average molecular weight is 234 g/mol. The molecule has 0 N–H and O–H groups in total. The molecule has 0 bridgehead atoms. The van der Waals surface area contributed by atoms with Crippen LogP contribution in [0.5, 0.6) is 0 Å². The molecule has 0 saturated heterocycles. The molecule has 3 heteroatoms. The third-order valence-corrected chi connectivity index (χ3v) is 5.04. The van der Waals surface area contributed by atoms with Gasteiger partial charge in [-0.2, -0.15) is 13.2 Å². The van der Waals surface area contributed by atoms with Crippen LogP contribution in [0.25, 0.3) is 0 Å². The number of halogens is 3. The molecule has 0 aliphatic heterocycles. The van der Waals surface area contributed by atoms with E-state index in [9.17, 15) is 13.2 Å². The fourth-order valence-corrected chi connectivity index (χ4v) is 3.64. The van der Waals surface area contributed by atoms with Crippen molar-refractivity contribution in [1.82, 2.24) is 0 Å². The minimum Gasteiger partial charge on any atom is -0.170 e. The van der Waals surface area contributed by atoms with Crippen molar-refractivity contribution in [2.75, 3.05) is 0 Å². The predicted molar refractivity (Wildman–Crippen MR) is 58.1 cm³/mol. The maximum Gasteiger partial charge on any atom is 0.394 e. The summed E-state index contributed by atoms with van der Waals surface area (Å²) in [7, 11) is 0. The summed E-state index contributed by atoms with van der Waals surface area (Å²) in [5.74, 6) is 0.150. The molecule has 2 fully saturated rings. The summed E-state index contributed by atoms with van der Waals surface area (Å²) >= 11 is 0. The Balaban J connectivity index is 2.08. The van der Waals surface area contributed by atoms with E-state index in [2.05, 4.69) is 0 Å². The first-order chi connectivity index (χ1) is 7.47. The van der Waals surface area contributed by atoms with Gasteiger partial charge in [0.1, 0.15) is 0 Å². The lowest BCUT2D eigenvalue weighted by molar-refractivity contribution is -0.276. The summed E-state index contributed by atoms with van der Waals surface area (Å²) in [6, 6.07) is 0. The standard InChI is InChI=1S/C13H21F3/c1-10(11-6-3-2-4-7-11)12(8-5-9-12)13(14,15)16/h10-11H,2-9H2,1H3. The van der Waals surface area contributed by atoms with Gasteiger partial charge in [-0.1, -0.05) is 45.4 Å². The van der Waals surface area contributed by atoms with Crippen molar-refractivity contribution < 1.29 is 13.2 Å². The molecule has 1 unspecified atom stereocenters. The van der Waals surface area contributed by atoms with Crippen molar-refractivity contribution >= 4 is 0 Å². The Morgan fingerprint density at radius 2 is 1.56 bits per heavy atom. The van der Waals surface area contributed by atoms with Crippen molar-refractivity contribution in [2.45, 2.75) is 64.5 Å². The highest BCUT2D eigenvalue weighted by Crippen LogP contribution is 2.60. The van der Waals surface area contributed by atoms with E-state index in [4.69, 9.17) is 0 Å². The fraction of sp³-hybridized carbons (Fsp3) is 1.00. The summed E-state index contributed by atoms with van der Waals surface area (Å²) < 4.78 is 39.5. The summed E-state index contributed by atoms with van der Waals surface area (Å²) in [6.45, 7) is 1.85. The number of alkyl halides is 3. The predicted octanol–water partition coefficient (Wildman–Crippen LogP) is 4.94. The van der Waals surface area contributed by atoms with Gasteiger partial charge in [0.05, 0.1) is 5.41 Å². The molecule has 94 valence electrons. The smallest absolute Gasteiger partial charge is 0.170 e. The normalized spacial score (nSPS) is 28.5. The second-order valence-electron chi connectivity index (χ2n) is 5.69. The summed E-state index contributed by atoms with van der Waals surface area (Å²) in [5.41, 5.74) is -1.32. The van der Waals surface area contributed by atoms with E-state index in [1.54, 1.807) is 0 Å². The first-order valence-electron chi connectivity index (χ1n) is 6.54. The van der Waals surface area contributed by atoms with Crippen molar-refractivity contribution in [3.63, 3.8) is 0 Å². The molecule has 2 aliphatic carbocycles. The lowest BCUT2D eigenvalue weighted by Crippen LogP contribution is -2.51.